The molecule has 29 heavy (non-hydrogen) atoms. The first-order valence-electron chi connectivity index (χ1n) is 10.3. The van der Waals surface area contributed by atoms with E-state index in [0.717, 1.165) is 49.4 Å². The van der Waals surface area contributed by atoms with E-state index in [0.29, 0.717) is 18.2 Å². The first-order valence-corrected chi connectivity index (χ1v) is 10.3. The molecule has 0 unspecified atom stereocenters. The monoisotopic (exact) mass is 391 g/mol. The van der Waals surface area contributed by atoms with Crippen molar-refractivity contribution >= 4 is 5.91 Å². The molecule has 1 aliphatic rings. The minimum Gasteiger partial charge on any atom is -0.489 e. The van der Waals surface area contributed by atoms with Crippen LogP contribution in [-0.2, 0) is 17.9 Å². The summed E-state index contributed by atoms with van der Waals surface area (Å²) in [5.74, 6) is 1.13. The number of nitriles is 1. The molecule has 0 aliphatic carbocycles. The molecule has 5 nitrogen and oxygen atoms in total. The van der Waals surface area contributed by atoms with Crippen LogP contribution in [0, 0.1) is 17.2 Å². The van der Waals surface area contributed by atoms with Crippen LogP contribution >= 0.6 is 0 Å². The van der Waals surface area contributed by atoms with Gasteiger partial charge in [0, 0.05) is 37.2 Å². The summed E-state index contributed by atoms with van der Waals surface area (Å²) in [5.41, 5.74) is 2.70. The first kappa shape index (κ1) is 20.9. The van der Waals surface area contributed by atoms with Crippen molar-refractivity contribution in [1.82, 2.24) is 10.2 Å². The number of carbonyl (C=O) groups excluding carboxylic acids is 1. The Morgan fingerprint density at radius 2 is 1.97 bits per heavy atom. The zero-order valence-electron chi connectivity index (χ0n) is 17.2. The van der Waals surface area contributed by atoms with Crippen molar-refractivity contribution in [2.75, 3.05) is 13.1 Å². The summed E-state index contributed by atoms with van der Waals surface area (Å²) in [4.78, 5) is 14.1. The number of likely N-dealkylation sites (tertiary alicyclic amines) is 1. The topological polar surface area (TPSA) is 65.4 Å². The molecule has 1 saturated heterocycles. The van der Waals surface area contributed by atoms with Gasteiger partial charge in [0.05, 0.1) is 11.6 Å². The molecule has 1 N–H and O–H groups in total. The van der Waals surface area contributed by atoms with E-state index in [9.17, 15) is 10.1 Å². The Hall–Kier alpha value is -2.84. The molecule has 1 heterocycles. The summed E-state index contributed by atoms with van der Waals surface area (Å²) >= 11 is 0. The Balaban J connectivity index is 1.48. The van der Waals surface area contributed by atoms with Gasteiger partial charge in [-0.2, -0.15) is 5.26 Å². The van der Waals surface area contributed by atoms with Gasteiger partial charge in [-0.1, -0.05) is 44.2 Å². The fourth-order valence-corrected chi connectivity index (χ4v) is 3.59. The fraction of sp³-hybridized carbons (Fsp3) is 0.417. The van der Waals surface area contributed by atoms with Crippen molar-refractivity contribution in [1.29, 1.82) is 5.26 Å². The lowest BCUT2D eigenvalue weighted by Crippen LogP contribution is -2.45. The second kappa shape index (κ2) is 10.1. The molecular formula is C24H29N3O2. The second-order valence-corrected chi connectivity index (χ2v) is 7.84. The lowest BCUT2D eigenvalue weighted by atomic mass is 10.0. The minimum absolute atomic E-state index is 0.0716. The predicted octanol–water partition coefficient (Wildman–Crippen LogP) is 3.87. The van der Waals surface area contributed by atoms with E-state index in [-0.39, 0.29) is 11.8 Å². The van der Waals surface area contributed by atoms with Gasteiger partial charge in [0.15, 0.2) is 0 Å². The molecule has 0 radical (unpaired) electrons. The number of rotatable bonds is 7. The van der Waals surface area contributed by atoms with Crippen molar-refractivity contribution in [3.05, 3.63) is 65.2 Å². The number of piperidine rings is 1. The second-order valence-electron chi connectivity index (χ2n) is 7.84. The Morgan fingerprint density at radius 3 is 2.69 bits per heavy atom. The molecule has 2 aromatic rings. The molecule has 3 rings (SSSR count). The maximum atomic E-state index is 12.1. The number of hydrogen-bond acceptors (Lipinski definition) is 4. The third-order valence-corrected chi connectivity index (χ3v) is 5.33. The van der Waals surface area contributed by atoms with Gasteiger partial charge in [0.25, 0.3) is 0 Å². The van der Waals surface area contributed by atoms with E-state index in [4.69, 9.17) is 4.74 Å². The van der Waals surface area contributed by atoms with Gasteiger partial charge >= 0.3 is 0 Å². The Kier molecular flexibility index (Phi) is 7.26. The molecule has 2 aromatic carbocycles. The van der Waals surface area contributed by atoms with Crippen LogP contribution < -0.4 is 10.1 Å². The zero-order valence-corrected chi connectivity index (χ0v) is 17.2. The number of hydrogen-bond donors (Lipinski definition) is 1. The fourth-order valence-electron chi connectivity index (χ4n) is 3.59. The number of carbonyl (C=O) groups is 1. The maximum absolute atomic E-state index is 12.1. The number of nitrogens with one attached hydrogen (secondary N) is 1. The largest absolute Gasteiger partial charge is 0.489 e. The summed E-state index contributed by atoms with van der Waals surface area (Å²) in [7, 11) is 0. The number of nitrogens with zero attached hydrogens (tertiary/aromatic N) is 2. The zero-order chi connectivity index (χ0) is 20.6. The summed E-state index contributed by atoms with van der Waals surface area (Å²) in [5, 5.41) is 12.8. The molecule has 0 saturated carbocycles. The number of ether oxygens (including phenoxy) is 1. The van der Waals surface area contributed by atoms with Gasteiger partial charge in [0.1, 0.15) is 12.4 Å². The van der Waals surface area contributed by atoms with Gasteiger partial charge in [-0.25, -0.2) is 0 Å². The SMILES string of the molecule is CC(C)C(=O)N1CCC(NCc2cccc(OCc3ccccc3C#N)c2)CC1. The number of amides is 1. The molecule has 1 aliphatic heterocycles. The third kappa shape index (κ3) is 5.82. The lowest BCUT2D eigenvalue weighted by Gasteiger charge is -2.33. The van der Waals surface area contributed by atoms with E-state index in [2.05, 4.69) is 17.5 Å². The number of benzene rings is 2. The molecule has 0 bridgehead atoms. The van der Waals surface area contributed by atoms with Gasteiger partial charge in [0.2, 0.25) is 5.91 Å². The van der Waals surface area contributed by atoms with Crippen LogP contribution in [0.15, 0.2) is 48.5 Å². The van der Waals surface area contributed by atoms with E-state index in [1.807, 2.05) is 55.1 Å². The Bertz CT molecular complexity index is 864. The Morgan fingerprint density at radius 1 is 1.21 bits per heavy atom. The summed E-state index contributed by atoms with van der Waals surface area (Å²) in [6.45, 7) is 6.73. The van der Waals surface area contributed by atoms with Gasteiger partial charge in [-0.05, 0) is 36.6 Å². The molecule has 0 atom stereocenters. The molecular weight excluding hydrogens is 362 g/mol. The summed E-state index contributed by atoms with van der Waals surface area (Å²) < 4.78 is 5.91. The van der Waals surface area contributed by atoms with Crippen molar-refractivity contribution in [3.8, 4) is 11.8 Å². The normalized spacial score (nSPS) is 14.6. The average Bonchev–Trinajstić information content (AvgIpc) is 2.76. The summed E-state index contributed by atoms with van der Waals surface area (Å²) in [6, 6.07) is 18.2. The molecule has 152 valence electrons. The first-order chi connectivity index (χ1) is 14.1. The highest BCUT2D eigenvalue weighted by Crippen LogP contribution is 2.18. The van der Waals surface area contributed by atoms with Crippen molar-refractivity contribution in [2.24, 2.45) is 5.92 Å². The smallest absolute Gasteiger partial charge is 0.225 e. The molecule has 1 amide bonds. The minimum atomic E-state index is 0.0716. The maximum Gasteiger partial charge on any atom is 0.225 e. The predicted molar refractivity (Wildman–Crippen MR) is 113 cm³/mol. The van der Waals surface area contributed by atoms with Crippen LogP contribution in [0.5, 0.6) is 5.75 Å². The van der Waals surface area contributed by atoms with Crippen LogP contribution in [0.4, 0.5) is 0 Å². The highest BCUT2D eigenvalue weighted by atomic mass is 16.5. The standard InChI is InChI=1S/C24H29N3O2/c1-18(2)24(28)27-12-10-22(11-13-27)26-16-19-6-5-9-23(14-19)29-17-21-8-4-3-7-20(21)15-25/h3-9,14,18,22,26H,10-13,16-17H2,1-2H3. The Labute approximate surface area is 173 Å². The average molecular weight is 392 g/mol. The van der Waals surface area contributed by atoms with Crippen LogP contribution in [0.3, 0.4) is 0 Å². The van der Waals surface area contributed by atoms with E-state index in [1.54, 1.807) is 6.07 Å². The molecule has 5 heteroatoms. The van der Waals surface area contributed by atoms with Crippen molar-refractivity contribution in [2.45, 2.75) is 45.9 Å². The van der Waals surface area contributed by atoms with Gasteiger partial charge in [-0.3, -0.25) is 4.79 Å². The lowest BCUT2D eigenvalue weighted by molar-refractivity contribution is -0.135. The van der Waals surface area contributed by atoms with Crippen LogP contribution in [0.2, 0.25) is 0 Å². The van der Waals surface area contributed by atoms with Crippen LogP contribution in [0.25, 0.3) is 0 Å². The van der Waals surface area contributed by atoms with Crippen molar-refractivity contribution < 1.29 is 9.53 Å². The van der Waals surface area contributed by atoms with Crippen LogP contribution in [0.1, 0.15) is 43.4 Å². The van der Waals surface area contributed by atoms with E-state index >= 15 is 0 Å². The van der Waals surface area contributed by atoms with Crippen molar-refractivity contribution in [3.63, 3.8) is 0 Å². The highest BCUT2D eigenvalue weighted by Gasteiger charge is 2.23. The van der Waals surface area contributed by atoms with Gasteiger partial charge < -0.3 is 15.0 Å². The summed E-state index contributed by atoms with van der Waals surface area (Å²) in [6.07, 6.45) is 1.97. The third-order valence-electron chi connectivity index (χ3n) is 5.33. The molecule has 1 fully saturated rings. The highest BCUT2D eigenvalue weighted by molar-refractivity contribution is 5.78. The molecule has 0 spiro atoms. The quantitative estimate of drug-likeness (QED) is 0.778. The van der Waals surface area contributed by atoms with Crippen LogP contribution in [-0.4, -0.2) is 29.9 Å². The van der Waals surface area contributed by atoms with Gasteiger partial charge in [-0.15, -0.1) is 0 Å². The molecule has 0 aromatic heterocycles. The van der Waals surface area contributed by atoms with E-state index < -0.39 is 0 Å². The van der Waals surface area contributed by atoms with E-state index in [1.165, 1.54) is 0 Å².